The fourth-order valence-corrected chi connectivity index (χ4v) is 4.70. The van der Waals surface area contributed by atoms with Crippen LogP contribution in [0, 0.1) is 0 Å². The predicted molar refractivity (Wildman–Crippen MR) is 148 cm³/mol. The first-order valence-electron chi connectivity index (χ1n) is 11.8. The molecule has 0 saturated heterocycles. The normalized spacial score (nSPS) is 14.9. The molecular formula is C29H22Cl2N4O3. The second kappa shape index (κ2) is 11.0. The molecule has 0 radical (unpaired) electrons. The van der Waals surface area contributed by atoms with Crippen molar-refractivity contribution in [2.45, 2.75) is 19.0 Å². The van der Waals surface area contributed by atoms with Gasteiger partial charge in [0, 0.05) is 34.8 Å². The summed E-state index contributed by atoms with van der Waals surface area (Å²) in [5.74, 6) is -0.486. The maximum absolute atomic E-state index is 13.7. The van der Waals surface area contributed by atoms with Gasteiger partial charge in [0.15, 0.2) is 0 Å². The second-order valence-electron chi connectivity index (χ2n) is 8.83. The van der Waals surface area contributed by atoms with Crippen LogP contribution in [-0.2, 0) is 17.8 Å². The molecular weight excluding hydrogens is 523 g/mol. The molecule has 0 unspecified atom stereocenters. The van der Waals surface area contributed by atoms with Gasteiger partial charge in [0.05, 0.1) is 11.3 Å². The van der Waals surface area contributed by atoms with Crippen molar-refractivity contribution in [1.29, 1.82) is 0 Å². The van der Waals surface area contributed by atoms with E-state index in [0.717, 1.165) is 11.1 Å². The zero-order valence-electron chi connectivity index (χ0n) is 20.0. The fourth-order valence-electron chi connectivity index (χ4n) is 4.32. The molecule has 0 bridgehead atoms. The molecule has 38 heavy (non-hydrogen) atoms. The molecule has 2 N–H and O–H groups in total. The van der Waals surface area contributed by atoms with E-state index in [1.165, 1.54) is 0 Å². The number of hydrogen-bond donors (Lipinski definition) is 2. The largest absolute Gasteiger partial charge is 0.323 e. The Balaban J connectivity index is 1.43. The first-order valence-corrected chi connectivity index (χ1v) is 12.6. The fraction of sp³-hybridized carbons (Fsp3) is 0.103. The predicted octanol–water partition coefficient (Wildman–Crippen LogP) is 5.85. The van der Waals surface area contributed by atoms with Crippen molar-refractivity contribution in [3.8, 4) is 0 Å². The van der Waals surface area contributed by atoms with E-state index in [0.29, 0.717) is 32.7 Å². The lowest BCUT2D eigenvalue weighted by molar-refractivity contribution is -0.120. The van der Waals surface area contributed by atoms with Crippen molar-refractivity contribution in [2.75, 3.05) is 10.6 Å². The summed E-state index contributed by atoms with van der Waals surface area (Å²) in [7, 11) is 0. The Labute approximate surface area is 229 Å². The Morgan fingerprint density at radius 3 is 2.42 bits per heavy atom. The van der Waals surface area contributed by atoms with Crippen molar-refractivity contribution in [3.05, 3.63) is 123 Å². The highest BCUT2D eigenvalue weighted by atomic mass is 35.5. The minimum atomic E-state index is -0.806. The molecule has 1 atom stereocenters. The highest BCUT2D eigenvalue weighted by molar-refractivity contribution is 6.31. The monoisotopic (exact) mass is 544 g/mol. The number of aromatic nitrogens is 1. The Bertz CT molecular complexity index is 1510. The van der Waals surface area contributed by atoms with Crippen LogP contribution in [0.15, 0.2) is 91.1 Å². The van der Waals surface area contributed by atoms with Crippen LogP contribution in [0.4, 0.5) is 11.5 Å². The van der Waals surface area contributed by atoms with Crippen LogP contribution in [0.25, 0.3) is 0 Å². The average Bonchev–Trinajstić information content (AvgIpc) is 2.99. The van der Waals surface area contributed by atoms with E-state index in [-0.39, 0.29) is 30.7 Å². The van der Waals surface area contributed by atoms with Gasteiger partial charge in [-0.1, -0.05) is 53.5 Å². The van der Waals surface area contributed by atoms with Crippen molar-refractivity contribution in [3.63, 3.8) is 0 Å². The number of nitrogens with zero attached hydrogens (tertiary/aromatic N) is 2. The van der Waals surface area contributed by atoms with Crippen LogP contribution in [-0.4, -0.2) is 33.6 Å². The molecule has 7 nitrogen and oxygen atoms in total. The van der Waals surface area contributed by atoms with Crippen molar-refractivity contribution >= 4 is 52.4 Å². The van der Waals surface area contributed by atoms with E-state index in [4.69, 9.17) is 23.2 Å². The van der Waals surface area contributed by atoms with Gasteiger partial charge < -0.3 is 15.5 Å². The molecule has 3 amide bonds. The van der Waals surface area contributed by atoms with E-state index in [1.54, 1.807) is 83.9 Å². The lowest BCUT2D eigenvalue weighted by Gasteiger charge is -2.29. The third-order valence-corrected chi connectivity index (χ3v) is 6.67. The van der Waals surface area contributed by atoms with Gasteiger partial charge in [0.2, 0.25) is 5.91 Å². The number of hydrogen-bond acceptors (Lipinski definition) is 4. The summed E-state index contributed by atoms with van der Waals surface area (Å²) < 4.78 is 0. The Morgan fingerprint density at radius 1 is 0.895 bits per heavy atom. The number of amides is 3. The number of halogens is 2. The number of pyridine rings is 1. The number of rotatable bonds is 6. The first kappa shape index (κ1) is 25.4. The molecule has 1 aromatic heterocycles. The summed E-state index contributed by atoms with van der Waals surface area (Å²) in [6.07, 6.45) is 1.86. The van der Waals surface area contributed by atoms with Crippen LogP contribution in [0.1, 0.15) is 31.8 Å². The molecule has 4 aromatic rings. The third kappa shape index (κ3) is 5.69. The molecule has 0 fully saturated rings. The van der Waals surface area contributed by atoms with Crippen LogP contribution >= 0.6 is 23.2 Å². The zero-order chi connectivity index (χ0) is 26.6. The summed E-state index contributed by atoms with van der Waals surface area (Å²) >= 11 is 12.3. The van der Waals surface area contributed by atoms with Gasteiger partial charge in [-0.25, -0.2) is 4.98 Å². The molecule has 2 heterocycles. The van der Waals surface area contributed by atoms with Crippen molar-refractivity contribution < 1.29 is 14.4 Å². The van der Waals surface area contributed by atoms with E-state index < -0.39 is 6.04 Å². The summed E-state index contributed by atoms with van der Waals surface area (Å²) in [5, 5.41) is 6.57. The smallest absolute Gasteiger partial charge is 0.256 e. The molecule has 1 aliphatic rings. The van der Waals surface area contributed by atoms with Crippen LogP contribution in [0.3, 0.4) is 0 Å². The van der Waals surface area contributed by atoms with Gasteiger partial charge in [-0.2, -0.15) is 0 Å². The Morgan fingerprint density at radius 2 is 1.68 bits per heavy atom. The van der Waals surface area contributed by atoms with Crippen molar-refractivity contribution in [1.82, 2.24) is 9.88 Å². The van der Waals surface area contributed by atoms with Crippen LogP contribution in [0.5, 0.6) is 0 Å². The zero-order valence-corrected chi connectivity index (χ0v) is 21.5. The van der Waals surface area contributed by atoms with E-state index >= 15 is 0 Å². The number of carbonyl (C=O) groups is 3. The Hall–Kier alpha value is -4.20. The molecule has 1 aliphatic heterocycles. The molecule has 0 aliphatic carbocycles. The molecule has 9 heteroatoms. The molecule has 0 spiro atoms. The lowest BCUT2D eigenvalue weighted by atomic mass is 10.0. The van der Waals surface area contributed by atoms with Gasteiger partial charge in [-0.05, 0) is 65.7 Å². The summed E-state index contributed by atoms with van der Waals surface area (Å²) in [5.41, 5.74) is 2.74. The van der Waals surface area contributed by atoms with E-state index in [2.05, 4.69) is 15.6 Å². The number of nitrogens with one attached hydrogen (secondary N) is 2. The standard InChI is InChI=1S/C29H22Cl2N4O3/c30-21-5-3-4-19(14-21)15-25-28(37)33-24-16-22(31)11-12-23(24)29(38)35(25)17-18-7-9-20(10-8-18)27(36)34-26-6-1-2-13-32-26/h1-14,16,25H,15,17H2,(H,33,37)(H,32,34,36)/t25-/m1/s1. The number of fused-ring (bicyclic) bond motifs is 1. The second-order valence-corrected chi connectivity index (χ2v) is 9.70. The van der Waals surface area contributed by atoms with E-state index in [1.807, 2.05) is 12.1 Å². The third-order valence-electron chi connectivity index (χ3n) is 6.20. The average molecular weight is 545 g/mol. The lowest BCUT2D eigenvalue weighted by Crippen LogP contribution is -2.46. The van der Waals surface area contributed by atoms with E-state index in [9.17, 15) is 14.4 Å². The molecule has 5 rings (SSSR count). The summed E-state index contributed by atoms with van der Waals surface area (Å²) in [6, 6.07) is 23.3. The first-order chi connectivity index (χ1) is 18.4. The van der Waals surface area contributed by atoms with Gasteiger partial charge in [-0.15, -0.1) is 0 Å². The number of anilines is 2. The summed E-state index contributed by atoms with van der Waals surface area (Å²) in [6.45, 7) is 0.154. The van der Waals surface area contributed by atoms with Gasteiger partial charge in [0.1, 0.15) is 11.9 Å². The maximum atomic E-state index is 13.7. The molecule has 3 aromatic carbocycles. The Kier molecular flexibility index (Phi) is 7.40. The summed E-state index contributed by atoms with van der Waals surface area (Å²) in [4.78, 5) is 45.4. The van der Waals surface area contributed by atoms with Gasteiger partial charge in [-0.3, -0.25) is 14.4 Å². The van der Waals surface area contributed by atoms with Gasteiger partial charge in [0.25, 0.3) is 11.8 Å². The quantitative estimate of drug-likeness (QED) is 0.318. The minimum Gasteiger partial charge on any atom is -0.323 e. The van der Waals surface area contributed by atoms with Crippen LogP contribution in [0.2, 0.25) is 10.0 Å². The minimum absolute atomic E-state index is 0.154. The van der Waals surface area contributed by atoms with Gasteiger partial charge >= 0.3 is 0 Å². The number of benzene rings is 3. The molecule has 190 valence electrons. The highest BCUT2D eigenvalue weighted by Gasteiger charge is 2.35. The van der Waals surface area contributed by atoms with Crippen molar-refractivity contribution in [2.24, 2.45) is 0 Å². The number of carbonyl (C=O) groups excluding carboxylic acids is 3. The SMILES string of the molecule is O=C(Nc1ccccn1)c1ccc(CN2C(=O)c3ccc(Cl)cc3NC(=O)[C@H]2Cc2cccc(Cl)c2)cc1. The van der Waals surface area contributed by atoms with Crippen LogP contribution < -0.4 is 10.6 Å². The topological polar surface area (TPSA) is 91.4 Å². The molecule has 0 saturated carbocycles. The maximum Gasteiger partial charge on any atom is 0.256 e. The highest BCUT2D eigenvalue weighted by Crippen LogP contribution is 2.29.